The summed E-state index contributed by atoms with van der Waals surface area (Å²) in [4.78, 5) is 24.8. The van der Waals surface area contributed by atoms with Gasteiger partial charge in [-0.05, 0) is 12.1 Å². The molecule has 2 aromatic rings. The minimum Gasteiger partial charge on any atom is -0.476 e. The molecule has 0 bridgehead atoms. The minimum absolute atomic E-state index is 0.164. The lowest BCUT2D eigenvalue weighted by atomic mass is 10.3. The van der Waals surface area contributed by atoms with Crippen molar-refractivity contribution in [2.24, 2.45) is 0 Å². The fraction of sp³-hybridized carbons (Fsp3) is 0. The molecule has 17 heavy (non-hydrogen) atoms. The zero-order valence-corrected chi connectivity index (χ0v) is 8.37. The van der Waals surface area contributed by atoms with Crippen LogP contribution in [0.1, 0.15) is 20.8 Å². The highest BCUT2D eigenvalue weighted by Gasteiger charge is 2.14. The molecule has 0 saturated carbocycles. The fourth-order valence-electron chi connectivity index (χ4n) is 1.25. The van der Waals surface area contributed by atoms with Crippen LogP contribution in [0.3, 0.4) is 0 Å². The number of rotatable bonds is 3. The molecule has 2 aromatic heterocycles. The maximum atomic E-state index is 13.7. The Balaban J connectivity index is 2.52. The van der Waals surface area contributed by atoms with Crippen molar-refractivity contribution in [1.29, 1.82) is 0 Å². The molecule has 0 amide bonds. The van der Waals surface area contributed by atoms with E-state index in [0.29, 0.717) is 6.29 Å². The molecule has 0 radical (unpaired) electrons. The summed E-state index contributed by atoms with van der Waals surface area (Å²) < 4.78 is 14.6. The third-order valence-corrected chi connectivity index (χ3v) is 2.05. The third kappa shape index (κ3) is 1.89. The molecule has 7 heteroatoms. The molecule has 0 aliphatic heterocycles. The first-order chi connectivity index (χ1) is 8.13. The molecule has 0 saturated heterocycles. The number of carbonyl (C=O) groups excluding carboxylic acids is 1. The Kier molecular flexibility index (Phi) is 2.65. The Morgan fingerprint density at radius 1 is 1.47 bits per heavy atom. The summed E-state index contributed by atoms with van der Waals surface area (Å²) >= 11 is 0. The van der Waals surface area contributed by atoms with Crippen LogP contribution in [0.4, 0.5) is 4.39 Å². The second-order valence-corrected chi connectivity index (χ2v) is 3.11. The average Bonchev–Trinajstić information content (AvgIpc) is 2.78. The normalized spacial score (nSPS) is 10.2. The van der Waals surface area contributed by atoms with Crippen LogP contribution in [0, 0.1) is 5.82 Å². The van der Waals surface area contributed by atoms with E-state index in [2.05, 4.69) is 10.1 Å². The molecule has 2 rings (SSSR count). The number of aromatic nitrogens is 3. The zero-order chi connectivity index (χ0) is 12.4. The van der Waals surface area contributed by atoms with Gasteiger partial charge in [-0.3, -0.25) is 4.79 Å². The Morgan fingerprint density at radius 3 is 2.82 bits per heavy atom. The number of aromatic carboxylic acids is 1. The van der Waals surface area contributed by atoms with Crippen molar-refractivity contribution in [1.82, 2.24) is 14.8 Å². The highest BCUT2D eigenvalue weighted by Crippen LogP contribution is 2.12. The Bertz CT molecular complexity index is 594. The highest BCUT2D eigenvalue weighted by molar-refractivity contribution is 5.85. The SMILES string of the molecule is O=Cc1ccnc(-n2ccc(C(=O)O)n2)c1F. The van der Waals surface area contributed by atoms with Crippen molar-refractivity contribution in [3.8, 4) is 5.82 Å². The van der Waals surface area contributed by atoms with E-state index in [9.17, 15) is 14.0 Å². The second kappa shape index (κ2) is 4.12. The summed E-state index contributed by atoms with van der Waals surface area (Å²) in [5.74, 6) is -2.29. The minimum atomic E-state index is -1.23. The lowest BCUT2D eigenvalue weighted by Gasteiger charge is -2.02. The average molecular weight is 235 g/mol. The largest absolute Gasteiger partial charge is 0.476 e. The molecule has 0 unspecified atom stereocenters. The van der Waals surface area contributed by atoms with Gasteiger partial charge in [-0.2, -0.15) is 5.10 Å². The predicted octanol–water partition coefficient (Wildman–Crippen LogP) is 0.917. The number of carbonyl (C=O) groups is 2. The van der Waals surface area contributed by atoms with Gasteiger partial charge in [-0.1, -0.05) is 0 Å². The molecule has 0 spiro atoms. The van der Waals surface area contributed by atoms with E-state index in [1.54, 1.807) is 0 Å². The number of nitrogens with zero attached hydrogens (tertiary/aromatic N) is 3. The van der Waals surface area contributed by atoms with Crippen LogP contribution >= 0.6 is 0 Å². The van der Waals surface area contributed by atoms with Crippen molar-refractivity contribution in [3.05, 3.63) is 41.6 Å². The lowest BCUT2D eigenvalue weighted by molar-refractivity contribution is 0.0689. The summed E-state index contributed by atoms with van der Waals surface area (Å²) in [6, 6.07) is 2.42. The summed E-state index contributed by atoms with van der Waals surface area (Å²) in [5, 5.41) is 12.3. The maximum Gasteiger partial charge on any atom is 0.356 e. The monoisotopic (exact) mass is 235 g/mol. The van der Waals surface area contributed by atoms with E-state index >= 15 is 0 Å². The Morgan fingerprint density at radius 2 is 2.24 bits per heavy atom. The van der Waals surface area contributed by atoms with E-state index in [-0.39, 0.29) is 17.1 Å². The van der Waals surface area contributed by atoms with Crippen LogP contribution < -0.4 is 0 Å². The van der Waals surface area contributed by atoms with Gasteiger partial charge in [0.25, 0.3) is 0 Å². The smallest absolute Gasteiger partial charge is 0.356 e. The van der Waals surface area contributed by atoms with Crippen molar-refractivity contribution < 1.29 is 19.1 Å². The van der Waals surface area contributed by atoms with Gasteiger partial charge in [0, 0.05) is 12.4 Å². The van der Waals surface area contributed by atoms with Crippen LogP contribution in [-0.2, 0) is 0 Å². The van der Waals surface area contributed by atoms with Crippen LogP contribution in [0.5, 0.6) is 0 Å². The molecule has 6 nitrogen and oxygen atoms in total. The van der Waals surface area contributed by atoms with Crippen LogP contribution in [0.15, 0.2) is 24.5 Å². The summed E-state index contributed by atoms with van der Waals surface area (Å²) in [6.45, 7) is 0. The third-order valence-electron chi connectivity index (χ3n) is 2.05. The standard InChI is InChI=1S/C10H6FN3O3/c11-8-6(5-15)1-3-12-9(8)14-4-2-7(13-14)10(16)17/h1-5H,(H,16,17). The number of pyridine rings is 1. The van der Waals surface area contributed by atoms with Gasteiger partial charge in [0.05, 0.1) is 5.56 Å². The molecular weight excluding hydrogens is 229 g/mol. The van der Waals surface area contributed by atoms with Crippen LogP contribution in [0.25, 0.3) is 5.82 Å². The molecule has 1 N–H and O–H groups in total. The van der Waals surface area contributed by atoms with Gasteiger partial charge < -0.3 is 5.11 Å². The summed E-state index contributed by atoms with van der Waals surface area (Å²) in [6.07, 6.45) is 2.84. The van der Waals surface area contributed by atoms with E-state index in [1.165, 1.54) is 24.5 Å². The number of halogens is 1. The molecule has 0 aliphatic rings. The van der Waals surface area contributed by atoms with Gasteiger partial charge in [-0.25, -0.2) is 18.9 Å². The molecular formula is C10H6FN3O3. The van der Waals surface area contributed by atoms with Gasteiger partial charge in [0.2, 0.25) is 0 Å². The number of aldehydes is 1. The Hall–Kier alpha value is -2.57. The summed E-state index contributed by atoms with van der Waals surface area (Å²) in [7, 11) is 0. The van der Waals surface area contributed by atoms with E-state index in [1.807, 2.05) is 0 Å². The van der Waals surface area contributed by atoms with Crippen molar-refractivity contribution in [3.63, 3.8) is 0 Å². The topological polar surface area (TPSA) is 85.1 Å². The van der Waals surface area contributed by atoms with Gasteiger partial charge in [-0.15, -0.1) is 0 Å². The molecule has 86 valence electrons. The quantitative estimate of drug-likeness (QED) is 0.799. The van der Waals surface area contributed by atoms with E-state index in [4.69, 9.17) is 5.11 Å². The highest BCUT2D eigenvalue weighted by atomic mass is 19.1. The number of carboxylic acids is 1. The van der Waals surface area contributed by atoms with Crippen molar-refractivity contribution in [2.45, 2.75) is 0 Å². The molecule has 0 aliphatic carbocycles. The number of carboxylic acid groups (broad SMARTS) is 1. The lowest BCUT2D eigenvalue weighted by Crippen LogP contribution is -2.06. The summed E-state index contributed by atoms with van der Waals surface area (Å²) in [5.41, 5.74) is -0.398. The zero-order valence-electron chi connectivity index (χ0n) is 8.37. The molecule has 0 atom stereocenters. The molecule has 0 fully saturated rings. The van der Waals surface area contributed by atoms with Gasteiger partial charge in [0.15, 0.2) is 23.6 Å². The van der Waals surface area contributed by atoms with Crippen molar-refractivity contribution >= 4 is 12.3 Å². The van der Waals surface area contributed by atoms with Gasteiger partial charge >= 0.3 is 5.97 Å². The first-order valence-corrected chi connectivity index (χ1v) is 4.52. The first-order valence-electron chi connectivity index (χ1n) is 4.52. The molecule has 2 heterocycles. The number of hydrogen-bond donors (Lipinski definition) is 1. The van der Waals surface area contributed by atoms with Gasteiger partial charge in [0.1, 0.15) is 0 Å². The van der Waals surface area contributed by atoms with Crippen LogP contribution in [0.2, 0.25) is 0 Å². The predicted molar refractivity (Wildman–Crippen MR) is 53.7 cm³/mol. The second-order valence-electron chi connectivity index (χ2n) is 3.11. The van der Waals surface area contributed by atoms with E-state index < -0.39 is 11.8 Å². The van der Waals surface area contributed by atoms with Crippen molar-refractivity contribution in [2.75, 3.05) is 0 Å². The Labute approximate surface area is 94.3 Å². The fourth-order valence-corrected chi connectivity index (χ4v) is 1.25. The van der Waals surface area contributed by atoms with E-state index in [0.717, 1.165) is 4.68 Å². The maximum absolute atomic E-state index is 13.7. The number of hydrogen-bond acceptors (Lipinski definition) is 4. The van der Waals surface area contributed by atoms with Crippen LogP contribution in [-0.4, -0.2) is 32.1 Å². The molecule has 0 aromatic carbocycles. The first kappa shape index (κ1) is 10.9.